The molecule has 0 atom stereocenters. The Morgan fingerprint density at radius 2 is 2.06 bits per heavy atom. The van der Waals surface area contributed by atoms with Gasteiger partial charge in [0.1, 0.15) is 5.75 Å². The van der Waals surface area contributed by atoms with Crippen molar-refractivity contribution < 1.29 is 14.3 Å². The summed E-state index contributed by atoms with van der Waals surface area (Å²) in [5, 5.41) is 0. The fourth-order valence-electron chi connectivity index (χ4n) is 1.42. The molecule has 0 aliphatic rings. The van der Waals surface area contributed by atoms with Gasteiger partial charge in [-0.3, -0.25) is 0 Å². The standard InChI is InChI=1S/C15H20O3/c1-3-5-12-18-14-9-7-6-8-13(14)10-11-15(16)17-4-2/h6-11H,3-5,12H2,1-2H3. The first-order valence-corrected chi connectivity index (χ1v) is 6.34. The Labute approximate surface area is 108 Å². The third-order valence-electron chi connectivity index (χ3n) is 2.36. The van der Waals surface area contributed by atoms with Crippen molar-refractivity contribution in [1.29, 1.82) is 0 Å². The molecule has 1 aromatic carbocycles. The summed E-state index contributed by atoms with van der Waals surface area (Å²) in [7, 11) is 0. The molecular formula is C15H20O3. The van der Waals surface area contributed by atoms with Crippen LogP contribution in [0.25, 0.3) is 6.08 Å². The summed E-state index contributed by atoms with van der Waals surface area (Å²) < 4.78 is 10.5. The van der Waals surface area contributed by atoms with Crippen LogP contribution >= 0.6 is 0 Å². The highest BCUT2D eigenvalue weighted by Crippen LogP contribution is 2.19. The first-order valence-electron chi connectivity index (χ1n) is 6.34. The normalized spacial score (nSPS) is 10.6. The van der Waals surface area contributed by atoms with Gasteiger partial charge in [-0.05, 0) is 25.5 Å². The van der Waals surface area contributed by atoms with Gasteiger partial charge in [-0.25, -0.2) is 4.79 Å². The van der Waals surface area contributed by atoms with Gasteiger partial charge in [0.15, 0.2) is 0 Å². The van der Waals surface area contributed by atoms with Crippen LogP contribution < -0.4 is 4.74 Å². The molecular weight excluding hydrogens is 228 g/mol. The molecule has 0 spiro atoms. The summed E-state index contributed by atoms with van der Waals surface area (Å²) in [6, 6.07) is 7.65. The van der Waals surface area contributed by atoms with Crippen molar-refractivity contribution in [2.75, 3.05) is 13.2 Å². The SMILES string of the molecule is CCCCOc1ccccc1C=CC(=O)OCC. The van der Waals surface area contributed by atoms with Gasteiger partial charge in [-0.2, -0.15) is 0 Å². The summed E-state index contributed by atoms with van der Waals surface area (Å²) in [5.41, 5.74) is 0.890. The predicted octanol–water partition coefficient (Wildman–Crippen LogP) is 3.44. The summed E-state index contributed by atoms with van der Waals surface area (Å²) in [6.07, 6.45) is 5.27. The van der Waals surface area contributed by atoms with Gasteiger partial charge in [0, 0.05) is 11.6 Å². The minimum atomic E-state index is -0.333. The minimum Gasteiger partial charge on any atom is -0.493 e. The van der Waals surface area contributed by atoms with Crippen molar-refractivity contribution in [2.45, 2.75) is 26.7 Å². The predicted molar refractivity (Wildman–Crippen MR) is 72.5 cm³/mol. The van der Waals surface area contributed by atoms with Crippen LogP contribution in [-0.2, 0) is 9.53 Å². The lowest BCUT2D eigenvalue weighted by atomic mass is 10.2. The fourth-order valence-corrected chi connectivity index (χ4v) is 1.42. The zero-order valence-electron chi connectivity index (χ0n) is 11.0. The van der Waals surface area contributed by atoms with E-state index in [1.807, 2.05) is 24.3 Å². The minimum absolute atomic E-state index is 0.333. The van der Waals surface area contributed by atoms with Crippen molar-refractivity contribution in [3.63, 3.8) is 0 Å². The van der Waals surface area contributed by atoms with Crippen molar-refractivity contribution in [3.05, 3.63) is 35.9 Å². The van der Waals surface area contributed by atoms with Crippen LogP contribution in [0.15, 0.2) is 30.3 Å². The number of esters is 1. The van der Waals surface area contributed by atoms with E-state index in [1.54, 1.807) is 13.0 Å². The van der Waals surface area contributed by atoms with E-state index in [0.29, 0.717) is 13.2 Å². The molecule has 0 aliphatic carbocycles. The molecule has 0 heterocycles. The van der Waals surface area contributed by atoms with Crippen molar-refractivity contribution in [1.82, 2.24) is 0 Å². The number of ether oxygens (including phenoxy) is 2. The molecule has 0 saturated carbocycles. The molecule has 3 nitrogen and oxygen atoms in total. The number of hydrogen-bond donors (Lipinski definition) is 0. The number of carbonyl (C=O) groups is 1. The second-order valence-electron chi connectivity index (χ2n) is 3.83. The van der Waals surface area contributed by atoms with E-state index in [4.69, 9.17) is 9.47 Å². The van der Waals surface area contributed by atoms with E-state index in [9.17, 15) is 4.79 Å². The maximum Gasteiger partial charge on any atom is 0.330 e. The highest BCUT2D eigenvalue weighted by molar-refractivity contribution is 5.87. The Bertz CT molecular complexity index is 396. The smallest absolute Gasteiger partial charge is 0.330 e. The van der Waals surface area contributed by atoms with Crippen LogP contribution in [0.2, 0.25) is 0 Å². The Morgan fingerprint density at radius 1 is 1.28 bits per heavy atom. The lowest BCUT2D eigenvalue weighted by Crippen LogP contribution is -2.00. The molecule has 0 amide bonds. The lowest BCUT2D eigenvalue weighted by molar-refractivity contribution is -0.137. The van der Waals surface area contributed by atoms with E-state index in [2.05, 4.69) is 6.92 Å². The largest absolute Gasteiger partial charge is 0.493 e. The average molecular weight is 248 g/mol. The number of carbonyl (C=O) groups excluding carboxylic acids is 1. The third-order valence-corrected chi connectivity index (χ3v) is 2.36. The van der Waals surface area contributed by atoms with Gasteiger partial charge in [-0.15, -0.1) is 0 Å². The van der Waals surface area contributed by atoms with Crippen LogP contribution in [0.3, 0.4) is 0 Å². The average Bonchev–Trinajstić information content (AvgIpc) is 2.38. The molecule has 0 unspecified atom stereocenters. The highest BCUT2D eigenvalue weighted by atomic mass is 16.5. The van der Waals surface area contributed by atoms with Crippen LogP contribution in [0.4, 0.5) is 0 Å². The Kier molecular flexibility index (Phi) is 6.62. The molecule has 1 rings (SSSR count). The zero-order valence-corrected chi connectivity index (χ0v) is 11.0. The van der Waals surface area contributed by atoms with E-state index in [-0.39, 0.29) is 5.97 Å². The number of para-hydroxylation sites is 1. The molecule has 1 aromatic rings. The monoisotopic (exact) mass is 248 g/mol. The third kappa shape index (κ3) is 5.04. The fraction of sp³-hybridized carbons (Fsp3) is 0.400. The molecule has 98 valence electrons. The first kappa shape index (κ1) is 14.3. The van der Waals surface area contributed by atoms with Gasteiger partial charge < -0.3 is 9.47 Å². The van der Waals surface area contributed by atoms with Crippen molar-refractivity contribution >= 4 is 12.0 Å². The molecule has 0 aromatic heterocycles. The molecule has 0 radical (unpaired) electrons. The summed E-state index contributed by atoms with van der Waals surface area (Å²) >= 11 is 0. The molecule has 0 N–H and O–H groups in total. The quantitative estimate of drug-likeness (QED) is 0.421. The van der Waals surface area contributed by atoms with Gasteiger partial charge in [0.05, 0.1) is 13.2 Å². The lowest BCUT2D eigenvalue weighted by Gasteiger charge is -2.08. The molecule has 0 bridgehead atoms. The van der Waals surface area contributed by atoms with E-state index < -0.39 is 0 Å². The summed E-state index contributed by atoms with van der Waals surface area (Å²) in [5.74, 6) is 0.465. The highest BCUT2D eigenvalue weighted by Gasteiger charge is 2.00. The number of hydrogen-bond acceptors (Lipinski definition) is 3. The zero-order chi connectivity index (χ0) is 13.2. The molecule has 0 fully saturated rings. The van der Waals surface area contributed by atoms with Gasteiger partial charge >= 0.3 is 5.97 Å². The second kappa shape index (κ2) is 8.34. The van der Waals surface area contributed by atoms with Crippen molar-refractivity contribution in [3.8, 4) is 5.75 Å². The van der Waals surface area contributed by atoms with Crippen molar-refractivity contribution in [2.24, 2.45) is 0 Å². The number of rotatable bonds is 7. The number of benzene rings is 1. The Balaban J connectivity index is 2.66. The van der Waals surface area contributed by atoms with Crippen LogP contribution in [0.5, 0.6) is 5.75 Å². The molecule has 18 heavy (non-hydrogen) atoms. The van der Waals surface area contributed by atoms with Crippen LogP contribution in [-0.4, -0.2) is 19.2 Å². The molecule has 0 saturated heterocycles. The summed E-state index contributed by atoms with van der Waals surface area (Å²) in [4.78, 5) is 11.2. The topological polar surface area (TPSA) is 35.5 Å². The maximum atomic E-state index is 11.2. The first-order chi connectivity index (χ1) is 8.77. The molecule has 3 heteroatoms. The van der Waals surface area contributed by atoms with Crippen LogP contribution in [0, 0.1) is 0 Å². The van der Waals surface area contributed by atoms with E-state index in [1.165, 1.54) is 6.08 Å². The Morgan fingerprint density at radius 3 is 2.78 bits per heavy atom. The van der Waals surface area contributed by atoms with Gasteiger partial charge in [-0.1, -0.05) is 31.5 Å². The van der Waals surface area contributed by atoms with E-state index in [0.717, 1.165) is 24.2 Å². The van der Waals surface area contributed by atoms with E-state index >= 15 is 0 Å². The maximum absolute atomic E-state index is 11.2. The summed E-state index contributed by atoms with van der Waals surface area (Å²) in [6.45, 7) is 4.99. The molecule has 0 aliphatic heterocycles. The van der Waals surface area contributed by atoms with Gasteiger partial charge in [0.2, 0.25) is 0 Å². The number of unbranched alkanes of at least 4 members (excludes halogenated alkanes) is 1. The van der Waals surface area contributed by atoms with Crippen LogP contribution in [0.1, 0.15) is 32.3 Å². The van der Waals surface area contributed by atoms with Gasteiger partial charge in [0.25, 0.3) is 0 Å². The second-order valence-corrected chi connectivity index (χ2v) is 3.83. The Hall–Kier alpha value is -1.77.